The quantitative estimate of drug-likeness (QED) is 0.922. The van der Waals surface area contributed by atoms with Crippen LogP contribution in [0.2, 0.25) is 0 Å². The Morgan fingerprint density at radius 1 is 1.38 bits per heavy atom. The molecule has 5 heteroatoms. The lowest BCUT2D eigenvalue weighted by molar-refractivity contribution is -0.0864. The van der Waals surface area contributed by atoms with Crippen molar-refractivity contribution in [1.82, 2.24) is 9.97 Å². The minimum Gasteiger partial charge on any atom is -0.375 e. The van der Waals surface area contributed by atoms with Crippen LogP contribution in [0.5, 0.6) is 0 Å². The lowest BCUT2D eigenvalue weighted by Crippen LogP contribution is -2.43. The second kappa shape index (κ2) is 5.89. The SMILES string of the molecule is CCC1(CC)CC(Nc2ncnc3c(C)csc23)CCO1. The van der Waals surface area contributed by atoms with E-state index in [0.29, 0.717) is 6.04 Å². The number of aromatic nitrogens is 2. The Morgan fingerprint density at radius 2 is 2.19 bits per heavy atom. The summed E-state index contributed by atoms with van der Waals surface area (Å²) in [6.45, 7) is 7.37. The fraction of sp³-hybridized carbons (Fsp3) is 0.625. The maximum atomic E-state index is 6.05. The molecule has 4 nitrogen and oxygen atoms in total. The average Bonchev–Trinajstić information content (AvgIpc) is 2.90. The van der Waals surface area contributed by atoms with Crippen molar-refractivity contribution in [2.75, 3.05) is 11.9 Å². The molecule has 0 spiro atoms. The predicted octanol–water partition coefficient (Wildman–Crippen LogP) is 4.15. The molecule has 1 atom stereocenters. The number of aryl methyl sites for hydroxylation is 1. The number of anilines is 1. The molecule has 1 saturated heterocycles. The number of rotatable bonds is 4. The Kier molecular flexibility index (Phi) is 4.13. The Labute approximate surface area is 129 Å². The number of ether oxygens (including phenoxy) is 1. The Hall–Kier alpha value is -1.20. The summed E-state index contributed by atoms with van der Waals surface area (Å²) in [4.78, 5) is 8.85. The average molecular weight is 305 g/mol. The Balaban J connectivity index is 1.82. The Bertz CT molecular complexity index is 621. The summed E-state index contributed by atoms with van der Waals surface area (Å²) in [7, 11) is 0. The first-order valence-electron chi connectivity index (χ1n) is 7.76. The van der Waals surface area contributed by atoms with Crippen LogP contribution in [0.4, 0.5) is 5.82 Å². The zero-order valence-corrected chi connectivity index (χ0v) is 13.8. The molecule has 1 N–H and O–H groups in total. The summed E-state index contributed by atoms with van der Waals surface area (Å²) < 4.78 is 7.22. The standard InChI is InChI=1S/C16H23N3OS/c1-4-16(5-2)8-12(6-7-20-16)19-15-14-13(17-10-18-15)11(3)9-21-14/h9-10,12H,4-8H2,1-3H3,(H,17,18,19). The third-order valence-electron chi connectivity index (χ3n) is 4.65. The van der Waals surface area contributed by atoms with Crippen LogP contribution in [0.25, 0.3) is 10.2 Å². The predicted molar refractivity (Wildman–Crippen MR) is 88.1 cm³/mol. The van der Waals surface area contributed by atoms with Crippen LogP contribution in [0.15, 0.2) is 11.7 Å². The van der Waals surface area contributed by atoms with Gasteiger partial charge < -0.3 is 10.1 Å². The van der Waals surface area contributed by atoms with Crippen LogP contribution in [0.3, 0.4) is 0 Å². The van der Waals surface area contributed by atoms with Crippen LogP contribution < -0.4 is 5.32 Å². The number of nitrogens with one attached hydrogen (secondary N) is 1. The van der Waals surface area contributed by atoms with Gasteiger partial charge in [0.25, 0.3) is 0 Å². The van der Waals surface area contributed by atoms with Gasteiger partial charge in [0.15, 0.2) is 0 Å². The minimum atomic E-state index is 0.0351. The molecule has 114 valence electrons. The first kappa shape index (κ1) is 14.7. The molecule has 1 aliphatic rings. The smallest absolute Gasteiger partial charge is 0.147 e. The maximum Gasteiger partial charge on any atom is 0.147 e. The molecule has 0 amide bonds. The van der Waals surface area contributed by atoms with Crippen LogP contribution in [-0.4, -0.2) is 28.2 Å². The van der Waals surface area contributed by atoms with E-state index in [4.69, 9.17) is 4.74 Å². The fourth-order valence-electron chi connectivity index (χ4n) is 3.16. The number of nitrogens with zero attached hydrogens (tertiary/aromatic N) is 2. The molecule has 1 fully saturated rings. The molecule has 0 bridgehead atoms. The first-order chi connectivity index (χ1) is 10.2. The molecular weight excluding hydrogens is 282 g/mol. The van der Waals surface area contributed by atoms with E-state index in [1.165, 1.54) is 10.3 Å². The van der Waals surface area contributed by atoms with Crippen molar-refractivity contribution in [3.63, 3.8) is 0 Å². The Morgan fingerprint density at radius 3 is 2.95 bits per heavy atom. The van der Waals surface area contributed by atoms with Gasteiger partial charge in [-0.2, -0.15) is 0 Å². The zero-order chi connectivity index (χ0) is 14.9. The van der Waals surface area contributed by atoms with Crippen molar-refractivity contribution in [3.05, 3.63) is 17.3 Å². The molecule has 0 saturated carbocycles. The van der Waals surface area contributed by atoms with E-state index >= 15 is 0 Å². The summed E-state index contributed by atoms with van der Waals surface area (Å²) in [5, 5.41) is 5.79. The van der Waals surface area contributed by atoms with E-state index in [1.54, 1.807) is 17.7 Å². The van der Waals surface area contributed by atoms with Crippen molar-refractivity contribution in [1.29, 1.82) is 0 Å². The molecule has 2 aromatic rings. The van der Waals surface area contributed by atoms with Crippen molar-refractivity contribution >= 4 is 27.4 Å². The highest BCUT2D eigenvalue weighted by atomic mass is 32.1. The second-order valence-electron chi connectivity index (χ2n) is 5.89. The first-order valence-corrected chi connectivity index (χ1v) is 8.64. The van der Waals surface area contributed by atoms with Crippen LogP contribution in [0, 0.1) is 6.92 Å². The van der Waals surface area contributed by atoms with Gasteiger partial charge in [0.1, 0.15) is 12.1 Å². The molecule has 0 aromatic carbocycles. The molecule has 0 aliphatic carbocycles. The normalized spacial score (nSPS) is 21.6. The second-order valence-corrected chi connectivity index (χ2v) is 6.77. The van der Waals surface area contributed by atoms with Gasteiger partial charge in [-0.15, -0.1) is 11.3 Å². The highest BCUT2D eigenvalue weighted by molar-refractivity contribution is 7.18. The van der Waals surface area contributed by atoms with Crippen molar-refractivity contribution in [2.24, 2.45) is 0 Å². The van der Waals surface area contributed by atoms with Crippen LogP contribution in [-0.2, 0) is 4.74 Å². The monoisotopic (exact) mass is 305 g/mol. The van der Waals surface area contributed by atoms with Crippen LogP contribution in [0.1, 0.15) is 45.1 Å². The molecule has 0 radical (unpaired) electrons. The molecule has 21 heavy (non-hydrogen) atoms. The van der Waals surface area contributed by atoms with E-state index < -0.39 is 0 Å². The van der Waals surface area contributed by atoms with Gasteiger partial charge in [0, 0.05) is 12.6 Å². The largest absolute Gasteiger partial charge is 0.375 e. The van der Waals surface area contributed by atoms with E-state index in [-0.39, 0.29) is 5.60 Å². The van der Waals surface area contributed by atoms with Gasteiger partial charge in [-0.05, 0) is 43.6 Å². The maximum absolute atomic E-state index is 6.05. The molecule has 2 aromatic heterocycles. The van der Waals surface area contributed by atoms with Crippen molar-refractivity contribution in [2.45, 2.75) is 58.1 Å². The van der Waals surface area contributed by atoms with E-state index in [1.807, 2.05) is 0 Å². The van der Waals surface area contributed by atoms with Crippen molar-refractivity contribution < 1.29 is 4.74 Å². The molecule has 1 aliphatic heterocycles. The highest BCUT2D eigenvalue weighted by Gasteiger charge is 2.34. The topological polar surface area (TPSA) is 47.0 Å². The minimum absolute atomic E-state index is 0.0351. The summed E-state index contributed by atoms with van der Waals surface area (Å²) in [5.41, 5.74) is 2.33. The van der Waals surface area contributed by atoms with Crippen LogP contribution >= 0.6 is 11.3 Å². The van der Waals surface area contributed by atoms with Gasteiger partial charge in [-0.1, -0.05) is 13.8 Å². The summed E-state index contributed by atoms with van der Waals surface area (Å²) in [6, 6.07) is 0.430. The third kappa shape index (κ3) is 2.77. The highest BCUT2D eigenvalue weighted by Crippen LogP contribution is 2.34. The summed E-state index contributed by atoms with van der Waals surface area (Å²) in [5.74, 6) is 0.978. The van der Waals surface area contributed by atoms with E-state index in [2.05, 4.69) is 41.4 Å². The number of hydrogen-bond acceptors (Lipinski definition) is 5. The fourth-order valence-corrected chi connectivity index (χ4v) is 4.11. The number of hydrogen-bond donors (Lipinski definition) is 1. The van der Waals surface area contributed by atoms with E-state index in [0.717, 1.165) is 43.6 Å². The van der Waals surface area contributed by atoms with Gasteiger partial charge in [-0.3, -0.25) is 0 Å². The molecular formula is C16H23N3OS. The molecule has 3 rings (SSSR count). The third-order valence-corrected chi connectivity index (χ3v) is 5.75. The summed E-state index contributed by atoms with van der Waals surface area (Å²) >= 11 is 1.72. The molecule has 3 heterocycles. The zero-order valence-electron chi connectivity index (χ0n) is 13.0. The molecule has 1 unspecified atom stereocenters. The van der Waals surface area contributed by atoms with Gasteiger partial charge in [0.05, 0.1) is 15.8 Å². The number of thiophene rings is 1. The van der Waals surface area contributed by atoms with Gasteiger partial charge in [-0.25, -0.2) is 9.97 Å². The van der Waals surface area contributed by atoms with Gasteiger partial charge >= 0.3 is 0 Å². The number of fused-ring (bicyclic) bond motifs is 1. The van der Waals surface area contributed by atoms with E-state index in [9.17, 15) is 0 Å². The van der Waals surface area contributed by atoms with Gasteiger partial charge in [0.2, 0.25) is 0 Å². The lowest BCUT2D eigenvalue weighted by atomic mass is 9.86. The van der Waals surface area contributed by atoms with Crippen molar-refractivity contribution in [3.8, 4) is 0 Å². The lowest BCUT2D eigenvalue weighted by Gasteiger charge is -2.40. The summed E-state index contributed by atoms with van der Waals surface area (Å²) in [6.07, 6.45) is 5.89.